The molecule has 0 saturated heterocycles. The molecule has 1 heterocycles. The molecule has 0 aliphatic carbocycles. The summed E-state index contributed by atoms with van der Waals surface area (Å²) in [4.78, 5) is 0. The van der Waals surface area contributed by atoms with Crippen molar-refractivity contribution < 1.29 is 9.52 Å². The fourth-order valence-electron chi connectivity index (χ4n) is 1.69. The Morgan fingerprint density at radius 2 is 1.82 bits per heavy atom. The average molecular weight is 271 g/mol. The van der Waals surface area contributed by atoms with Crippen LogP contribution in [0, 0.1) is 0 Å². The monoisotopic (exact) mass is 270 g/mol. The fourth-order valence-corrected chi connectivity index (χ4v) is 2.01. The molecule has 17 heavy (non-hydrogen) atoms. The topological polar surface area (TPSA) is 33.4 Å². The minimum Gasteiger partial charge on any atom is -0.472 e. The van der Waals surface area contributed by atoms with E-state index in [0.717, 1.165) is 11.1 Å². The van der Waals surface area contributed by atoms with Crippen molar-refractivity contribution in [2.75, 3.05) is 0 Å². The number of halogens is 2. The van der Waals surface area contributed by atoms with Gasteiger partial charge in [0.15, 0.2) is 0 Å². The molecule has 90 valence electrons. The minimum absolute atomic E-state index is 0.454. The number of aliphatic hydroxyl groups is 1. The van der Waals surface area contributed by atoms with Crippen molar-refractivity contribution in [2.24, 2.45) is 0 Å². The molecular formula is C13H12Cl2O2. The Morgan fingerprint density at radius 1 is 1.06 bits per heavy atom. The number of benzene rings is 1. The molecular weight excluding hydrogens is 259 g/mol. The largest absolute Gasteiger partial charge is 0.472 e. The number of furan rings is 1. The first kappa shape index (κ1) is 12.5. The van der Waals surface area contributed by atoms with Gasteiger partial charge in [0.2, 0.25) is 0 Å². The van der Waals surface area contributed by atoms with Crippen LogP contribution in [-0.2, 0) is 12.8 Å². The molecule has 0 aliphatic rings. The highest BCUT2D eigenvalue weighted by atomic mass is 35.5. The third kappa shape index (κ3) is 3.50. The number of aliphatic hydroxyl groups excluding tert-OH is 1. The van der Waals surface area contributed by atoms with E-state index in [1.165, 1.54) is 0 Å². The molecule has 0 amide bonds. The average Bonchev–Trinajstić information content (AvgIpc) is 2.76. The van der Waals surface area contributed by atoms with Gasteiger partial charge in [-0.25, -0.2) is 0 Å². The highest BCUT2D eigenvalue weighted by molar-refractivity contribution is 6.42. The maximum Gasteiger partial charge on any atom is 0.0935 e. The SMILES string of the molecule is OC(Cc1ccoc1)Cc1ccc(Cl)c(Cl)c1. The summed E-state index contributed by atoms with van der Waals surface area (Å²) in [5.41, 5.74) is 1.95. The van der Waals surface area contributed by atoms with Gasteiger partial charge >= 0.3 is 0 Å². The Morgan fingerprint density at radius 3 is 2.47 bits per heavy atom. The van der Waals surface area contributed by atoms with Crippen LogP contribution < -0.4 is 0 Å². The molecule has 1 N–H and O–H groups in total. The quantitative estimate of drug-likeness (QED) is 0.919. The van der Waals surface area contributed by atoms with Crippen LogP contribution in [0.1, 0.15) is 11.1 Å². The lowest BCUT2D eigenvalue weighted by atomic mass is 10.0. The predicted octanol–water partition coefficient (Wildman–Crippen LogP) is 3.73. The summed E-state index contributed by atoms with van der Waals surface area (Å²) in [5.74, 6) is 0. The third-order valence-corrected chi connectivity index (χ3v) is 3.25. The van der Waals surface area contributed by atoms with E-state index in [-0.39, 0.29) is 0 Å². The van der Waals surface area contributed by atoms with Gasteiger partial charge < -0.3 is 9.52 Å². The maximum absolute atomic E-state index is 9.92. The molecule has 0 spiro atoms. The minimum atomic E-state index is -0.454. The lowest BCUT2D eigenvalue weighted by molar-refractivity contribution is 0.175. The van der Waals surface area contributed by atoms with Gasteiger partial charge in [-0.1, -0.05) is 29.3 Å². The molecule has 0 saturated carbocycles. The molecule has 4 heteroatoms. The molecule has 2 rings (SSSR count). The summed E-state index contributed by atoms with van der Waals surface area (Å²) in [6.07, 6.45) is 3.89. The number of hydrogen-bond donors (Lipinski definition) is 1. The van der Waals surface area contributed by atoms with Crippen LogP contribution in [0.5, 0.6) is 0 Å². The van der Waals surface area contributed by atoms with Gasteiger partial charge in [0, 0.05) is 6.42 Å². The first-order chi connectivity index (χ1) is 8.15. The Hall–Kier alpha value is -0.960. The lowest BCUT2D eigenvalue weighted by Crippen LogP contribution is -2.13. The Labute approximate surface area is 110 Å². The van der Waals surface area contributed by atoms with E-state index in [1.807, 2.05) is 12.1 Å². The molecule has 2 aromatic rings. The van der Waals surface area contributed by atoms with Crippen LogP contribution in [-0.4, -0.2) is 11.2 Å². The van der Waals surface area contributed by atoms with Gasteiger partial charge in [-0.15, -0.1) is 0 Å². The normalized spacial score (nSPS) is 12.6. The molecule has 1 aromatic carbocycles. The van der Waals surface area contributed by atoms with Crippen LogP contribution in [0.25, 0.3) is 0 Å². The zero-order chi connectivity index (χ0) is 12.3. The second-order valence-electron chi connectivity index (χ2n) is 3.94. The van der Waals surface area contributed by atoms with Crippen molar-refractivity contribution in [3.8, 4) is 0 Å². The first-order valence-electron chi connectivity index (χ1n) is 5.28. The second-order valence-corrected chi connectivity index (χ2v) is 4.76. The van der Waals surface area contributed by atoms with E-state index in [0.29, 0.717) is 22.9 Å². The van der Waals surface area contributed by atoms with Crippen LogP contribution >= 0.6 is 23.2 Å². The van der Waals surface area contributed by atoms with Crippen molar-refractivity contribution in [3.05, 3.63) is 58.0 Å². The molecule has 0 radical (unpaired) electrons. The van der Waals surface area contributed by atoms with Gasteiger partial charge in [0.05, 0.1) is 28.7 Å². The maximum atomic E-state index is 9.92. The highest BCUT2D eigenvalue weighted by Gasteiger charge is 2.09. The van der Waals surface area contributed by atoms with E-state index < -0.39 is 6.10 Å². The summed E-state index contributed by atoms with van der Waals surface area (Å²) < 4.78 is 4.95. The Kier molecular flexibility index (Phi) is 4.11. The lowest BCUT2D eigenvalue weighted by Gasteiger charge is -2.09. The fraction of sp³-hybridized carbons (Fsp3) is 0.231. The van der Waals surface area contributed by atoms with Gasteiger partial charge in [-0.05, 0) is 35.7 Å². The van der Waals surface area contributed by atoms with Crippen molar-refractivity contribution in [2.45, 2.75) is 18.9 Å². The van der Waals surface area contributed by atoms with E-state index in [4.69, 9.17) is 27.6 Å². The van der Waals surface area contributed by atoms with Crippen LogP contribution in [0.3, 0.4) is 0 Å². The summed E-state index contributed by atoms with van der Waals surface area (Å²) in [6.45, 7) is 0. The zero-order valence-electron chi connectivity index (χ0n) is 9.07. The van der Waals surface area contributed by atoms with Crippen molar-refractivity contribution in [1.29, 1.82) is 0 Å². The van der Waals surface area contributed by atoms with Gasteiger partial charge in [-0.3, -0.25) is 0 Å². The third-order valence-electron chi connectivity index (χ3n) is 2.51. The van der Waals surface area contributed by atoms with E-state index in [2.05, 4.69) is 0 Å². The molecule has 0 fully saturated rings. The number of hydrogen-bond acceptors (Lipinski definition) is 2. The van der Waals surface area contributed by atoms with E-state index in [1.54, 1.807) is 24.7 Å². The highest BCUT2D eigenvalue weighted by Crippen LogP contribution is 2.23. The molecule has 1 unspecified atom stereocenters. The molecule has 1 atom stereocenters. The molecule has 2 nitrogen and oxygen atoms in total. The Balaban J connectivity index is 1.98. The zero-order valence-corrected chi connectivity index (χ0v) is 10.6. The summed E-state index contributed by atoms with van der Waals surface area (Å²) in [5, 5.41) is 11.0. The number of rotatable bonds is 4. The summed E-state index contributed by atoms with van der Waals surface area (Å²) in [6, 6.07) is 7.23. The van der Waals surface area contributed by atoms with Gasteiger partial charge in [0.1, 0.15) is 0 Å². The summed E-state index contributed by atoms with van der Waals surface area (Å²) in [7, 11) is 0. The molecule has 1 aromatic heterocycles. The van der Waals surface area contributed by atoms with E-state index in [9.17, 15) is 5.11 Å². The predicted molar refractivity (Wildman–Crippen MR) is 68.6 cm³/mol. The van der Waals surface area contributed by atoms with Crippen LogP contribution in [0.2, 0.25) is 10.0 Å². The molecule has 0 bridgehead atoms. The van der Waals surface area contributed by atoms with Gasteiger partial charge in [0.25, 0.3) is 0 Å². The van der Waals surface area contributed by atoms with Crippen molar-refractivity contribution in [1.82, 2.24) is 0 Å². The van der Waals surface area contributed by atoms with Crippen molar-refractivity contribution in [3.63, 3.8) is 0 Å². The van der Waals surface area contributed by atoms with Crippen LogP contribution in [0.15, 0.2) is 41.2 Å². The van der Waals surface area contributed by atoms with Crippen LogP contribution in [0.4, 0.5) is 0 Å². The van der Waals surface area contributed by atoms with E-state index >= 15 is 0 Å². The molecule has 0 aliphatic heterocycles. The standard InChI is InChI=1S/C13H12Cl2O2/c14-12-2-1-9(7-13(12)15)5-11(16)6-10-3-4-17-8-10/h1-4,7-8,11,16H,5-6H2. The smallest absolute Gasteiger partial charge is 0.0935 e. The Bertz CT molecular complexity index is 480. The van der Waals surface area contributed by atoms with Crippen molar-refractivity contribution >= 4 is 23.2 Å². The summed E-state index contributed by atoms with van der Waals surface area (Å²) >= 11 is 11.7. The first-order valence-corrected chi connectivity index (χ1v) is 6.04. The van der Waals surface area contributed by atoms with Gasteiger partial charge in [-0.2, -0.15) is 0 Å². The second kappa shape index (κ2) is 5.58.